The van der Waals surface area contributed by atoms with Gasteiger partial charge in [-0.2, -0.15) is 0 Å². The first-order valence-electron chi connectivity index (χ1n) is 6.78. The molecule has 1 amide bonds. The van der Waals surface area contributed by atoms with Gasteiger partial charge in [-0.05, 0) is 25.3 Å². The lowest BCUT2D eigenvalue weighted by Crippen LogP contribution is -2.40. The number of hydrogen-bond donors (Lipinski definition) is 0. The molecule has 1 unspecified atom stereocenters. The van der Waals surface area contributed by atoms with Crippen molar-refractivity contribution in [3.63, 3.8) is 0 Å². The summed E-state index contributed by atoms with van der Waals surface area (Å²) in [6, 6.07) is 9.29. The number of carbonyl (C=O) groups excluding carboxylic acids is 2. The fourth-order valence-electron chi connectivity index (χ4n) is 2.03. The highest BCUT2D eigenvalue weighted by atomic mass is 35.5. The van der Waals surface area contributed by atoms with Crippen LogP contribution in [0, 0.1) is 0 Å². The lowest BCUT2D eigenvalue weighted by atomic mass is 10.1. The molecule has 0 saturated heterocycles. The molecule has 1 aromatic rings. The molecule has 1 atom stereocenters. The number of carbonyl (C=O) groups is 2. The number of nitrogens with zero attached hydrogens (tertiary/aromatic N) is 1. The Morgan fingerprint density at radius 2 is 2.00 bits per heavy atom. The standard InChI is InChI=1S/C15H18ClNO3/c1-2-20-13(18)10-17(12-8-9-12)15(19)14(16)11-6-4-3-5-7-11/h3-7,12,14H,2,8-10H2,1H3. The molecule has 1 fully saturated rings. The molecular formula is C15H18ClNO3. The summed E-state index contributed by atoms with van der Waals surface area (Å²) in [5, 5.41) is -0.758. The second-order valence-corrected chi connectivity index (χ2v) is 5.21. The Bertz CT molecular complexity index is 473. The molecule has 0 bridgehead atoms. The summed E-state index contributed by atoms with van der Waals surface area (Å²) in [5.74, 6) is -0.613. The van der Waals surface area contributed by atoms with Gasteiger partial charge in [-0.25, -0.2) is 0 Å². The first kappa shape index (κ1) is 14.9. The van der Waals surface area contributed by atoms with Crippen molar-refractivity contribution in [2.24, 2.45) is 0 Å². The Kier molecular flexibility index (Phi) is 5.01. The number of alkyl halides is 1. The third kappa shape index (κ3) is 3.73. The minimum Gasteiger partial charge on any atom is -0.465 e. The highest BCUT2D eigenvalue weighted by Crippen LogP contribution is 2.31. The van der Waals surface area contributed by atoms with Crippen LogP contribution in [0.3, 0.4) is 0 Å². The number of benzene rings is 1. The molecular weight excluding hydrogens is 278 g/mol. The zero-order valence-electron chi connectivity index (χ0n) is 11.4. The van der Waals surface area contributed by atoms with Crippen LogP contribution < -0.4 is 0 Å². The van der Waals surface area contributed by atoms with Gasteiger partial charge in [-0.3, -0.25) is 9.59 Å². The van der Waals surface area contributed by atoms with Crippen molar-refractivity contribution >= 4 is 23.5 Å². The van der Waals surface area contributed by atoms with Crippen LogP contribution in [0.25, 0.3) is 0 Å². The minimum atomic E-state index is -0.758. The number of amides is 1. The maximum atomic E-state index is 12.5. The summed E-state index contributed by atoms with van der Waals surface area (Å²) in [7, 11) is 0. The van der Waals surface area contributed by atoms with E-state index in [9.17, 15) is 9.59 Å². The van der Waals surface area contributed by atoms with Gasteiger partial charge in [-0.15, -0.1) is 11.6 Å². The zero-order chi connectivity index (χ0) is 14.5. The number of esters is 1. The SMILES string of the molecule is CCOC(=O)CN(C(=O)C(Cl)c1ccccc1)C1CC1. The zero-order valence-corrected chi connectivity index (χ0v) is 12.2. The van der Waals surface area contributed by atoms with Crippen molar-refractivity contribution in [1.82, 2.24) is 4.90 Å². The monoisotopic (exact) mass is 295 g/mol. The van der Waals surface area contributed by atoms with Crippen LogP contribution in [0.4, 0.5) is 0 Å². The molecule has 5 heteroatoms. The van der Waals surface area contributed by atoms with Gasteiger partial charge >= 0.3 is 5.97 Å². The fraction of sp³-hybridized carbons (Fsp3) is 0.467. The summed E-state index contributed by atoms with van der Waals surface area (Å²) < 4.78 is 4.91. The molecule has 108 valence electrons. The highest BCUT2D eigenvalue weighted by molar-refractivity contribution is 6.30. The van der Waals surface area contributed by atoms with Crippen molar-refractivity contribution in [1.29, 1.82) is 0 Å². The fourth-order valence-corrected chi connectivity index (χ4v) is 2.30. The summed E-state index contributed by atoms with van der Waals surface area (Å²) in [5.41, 5.74) is 0.744. The molecule has 1 aliphatic carbocycles. The second-order valence-electron chi connectivity index (χ2n) is 4.78. The Morgan fingerprint density at radius 3 is 2.55 bits per heavy atom. The molecule has 4 nitrogen and oxygen atoms in total. The Hall–Kier alpha value is -1.55. The predicted molar refractivity (Wildman–Crippen MR) is 76.4 cm³/mol. The van der Waals surface area contributed by atoms with Gasteiger partial charge in [0.2, 0.25) is 5.91 Å². The van der Waals surface area contributed by atoms with Crippen LogP contribution in [0.15, 0.2) is 30.3 Å². The Balaban J connectivity index is 2.05. The second kappa shape index (κ2) is 6.75. The van der Waals surface area contributed by atoms with Crippen LogP contribution in [-0.4, -0.2) is 36.0 Å². The minimum absolute atomic E-state index is 0.0204. The molecule has 0 aliphatic heterocycles. The van der Waals surface area contributed by atoms with E-state index in [2.05, 4.69) is 0 Å². The quantitative estimate of drug-likeness (QED) is 0.598. The van der Waals surface area contributed by atoms with E-state index in [1.165, 1.54) is 0 Å². The molecule has 2 rings (SSSR count). The summed E-state index contributed by atoms with van der Waals surface area (Å²) >= 11 is 6.24. The van der Waals surface area contributed by atoms with Gasteiger partial charge in [0.05, 0.1) is 6.61 Å². The van der Waals surface area contributed by atoms with Gasteiger partial charge in [0.1, 0.15) is 11.9 Å². The molecule has 0 radical (unpaired) electrons. The van der Waals surface area contributed by atoms with Crippen molar-refractivity contribution < 1.29 is 14.3 Å². The van der Waals surface area contributed by atoms with Crippen molar-refractivity contribution in [2.45, 2.75) is 31.2 Å². The third-order valence-electron chi connectivity index (χ3n) is 3.18. The Morgan fingerprint density at radius 1 is 1.35 bits per heavy atom. The van der Waals surface area contributed by atoms with Crippen LogP contribution in [-0.2, 0) is 14.3 Å². The maximum Gasteiger partial charge on any atom is 0.325 e. The van der Waals surface area contributed by atoms with Crippen molar-refractivity contribution in [3.8, 4) is 0 Å². The van der Waals surface area contributed by atoms with Gasteiger partial charge in [0.15, 0.2) is 0 Å². The van der Waals surface area contributed by atoms with Gasteiger partial charge < -0.3 is 9.64 Å². The van der Waals surface area contributed by atoms with Gasteiger partial charge in [-0.1, -0.05) is 30.3 Å². The van der Waals surface area contributed by atoms with E-state index in [1.54, 1.807) is 11.8 Å². The number of hydrogen-bond acceptors (Lipinski definition) is 3. The number of rotatable bonds is 6. The maximum absolute atomic E-state index is 12.5. The third-order valence-corrected chi connectivity index (χ3v) is 3.62. The van der Waals surface area contributed by atoms with Gasteiger partial charge in [0.25, 0.3) is 0 Å². The molecule has 0 spiro atoms. The molecule has 0 N–H and O–H groups in total. The molecule has 1 aromatic carbocycles. The van der Waals surface area contributed by atoms with E-state index in [0.29, 0.717) is 6.61 Å². The van der Waals surface area contributed by atoms with Crippen LogP contribution in [0.1, 0.15) is 30.7 Å². The van der Waals surface area contributed by atoms with Gasteiger partial charge in [0, 0.05) is 6.04 Å². The molecule has 0 heterocycles. The molecule has 1 aliphatic rings. The number of halogens is 1. The van der Waals surface area contributed by atoms with E-state index < -0.39 is 5.38 Å². The molecule has 0 aromatic heterocycles. The van der Waals surface area contributed by atoms with E-state index >= 15 is 0 Å². The lowest BCUT2D eigenvalue weighted by Gasteiger charge is -2.24. The van der Waals surface area contributed by atoms with Crippen LogP contribution in [0.2, 0.25) is 0 Å². The smallest absolute Gasteiger partial charge is 0.325 e. The highest BCUT2D eigenvalue weighted by Gasteiger charge is 2.37. The average molecular weight is 296 g/mol. The normalized spacial score (nSPS) is 15.5. The predicted octanol–water partition coefficient (Wildman–Crippen LogP) is 2.52. The van der Waals surface area contributed by atoms with Crippen molar-refractivity contribution in [2.75, 3.05) is 13.2 Å². The van der Waals surface area contributed by atoms with Crippen LogP contribution >= 0.6 is 11.6 Å². The largest absolute Gasteiger partial charge is 0.465 e. The summed E-state index contributed by atoms with van der Waals surface area (Å²) in [6.07, 6.45) is 1.84. The van der Waals surface area contributed by atoms with Crippen molar-refractivity contribution in [3.05, 3.63) is 35.9 Å². The van der Waals surface area contributed by atoms with Crippen LogP contribution in [0.5, 0.6) is 0 Å². The van der Waals surface area contributed by atoms with E-state index in [4.69, 9.17) is 16.3 Å². The average Bonchev–Trinajstić information content (AvgIpc) is 3.29. The van der Waals surface area contributed by atoms with E-state index in [-0.39, 0.29) is 24.5 Å². The number of ether oxygens (including phenoxy) is 1. The molecule has 20 heavy (non-hydrogen) atoms. The Labute approximate surface area is 123 Å². The van der Waals surface area contributed by atoms with E-state index in [0.717, 1.165) is 18.4 Å². The lowest BCUT2D eigenvalue weighted by molar-refractivity contribution is -0.149. The topological polar surface area (TPSA) is 46.6 Å². The molecule has 1 saturated carbocycles. The summed E-state index contributed by atoms with van der Waals surface area (Å²) in [4.78, 5) is 25.6. The first-order chi connectivity index (χ1) is 9.63. The first-order valence-corrected chi connectivity index (χ1v) is 7.22. The van der Waals surface area contributed by atoms with E-state index in [1.807, 2.05) is 30.3 Å². The summed E-state index contributed by atoms with van der Waals surface area (Å²) in [6.45, 7) is 2.04.